The van der Waals surface area contributed by atoms with Gasteiger partial charge in [0, 0.05) is 39.6 Å². The molecule has 3 nitrogen and oxygen atoms in total. The maximum Gasteiger partial charge on any atom is 0.176 e. The normalized spacial score (nSPS) is 12.2. The zero-order valence-corrected chi connectivity index (χ0v) is 15.2. The van der Waals surface area contributed by atoms with E-state index < -0.39 is 0 Å². The van der Waals surface area contributed by atoms with Gasteiger partial charge in [-0.2, -0.15) is 0 Å². The van der Waals surface area contributed by atoms with Gasteiger partial charge < -0.3 is 9.47 Å². The van der Waals surface area contributed by atoms with Gasteiger partial charge in [0.25, 0.3) is 0 Å². The molecule has 3 rings (SSSR count). The Morgan fingerprint density at radius 3 is 2.58 bits per heavy atom. The van der Waals surface area contributed by atoms with Crippen molar-refractivity contribution in [2.24, 2.45) is 4.99 Å². The maximum absolute atomic E-state index is 5.53. The third kappa shape index (κ3) is 3.66. The van der Waals surface area contributed by atoms with Crippen molar-refractivity contribution in [3.05, 3.63) is 47.5 Å². The molecule has 0 fully saturated rings. The van der Waals surface area contributed by atoms with Crippen molar-refractivity contribution in [3.63, 3.8) is 0 Å². The first kappa shape index (κ1) is 17.1. The molecule has 0 unspecified atom stereocenters. The number of rotatable bonds is 7. The van der Waals surface area contributed by atoms with Gasteiger partial charge in [-0.1, -0.05) is 18.2 Å². The van der Waals surface area contributed by atoms with Crippen LogP contribution in [0, 0.1) is 6.92 Å². The lowest BCUT2D eigenvalue weighted by Gasteiger charge is -2.14. The molecule has 0 saturated carbocycles. The number of aryl methyl sites for hydroxylation is 1. The molecule has 0 N–H and O–H groups in total. The maximum atomic E-state index is 5.53. The molecule has 4 heteroatoms. The number of nitrogens with zero attached hydrogens (tertiary/aromatic N) is 1. The molecule has 2 aromatic carbocycles. The molecule has 126 valence electrons. The number of fused-ring (bicyclic) bond motifs is 3. The number of ether oxygens (including phenoxy) is 2. The standard InChI is InChI=1S/C20H23NO2S/c1-4-22-19(23-5-2)13-21-12-15-10-14(3)20-17(11-15)16-8-6-7-9-18(16)24-20/h6-12,19H,4-5,13H2,1-3H3. The van der Waals surface area contributed by atoms with Gasteiger partial charge in [0.1, 0.15) is 0 Å². The topological polar surface area (TPSA) is 30.8 Å². The second-order valence-electron chi connectivity index (χ2n) is 5.65. The Kier molecular flexibility index (Phi) is 5.61. The molecule has 0 radical (unpaired) electrons. The lowest BCUT2D eigenvalue weighted by atomic mass is 10.1. The molecule has 0 saturated heterocycles. The second-order valence-corrected chi connectivity index (χ2v) is 6.70. The lowest BCUT2D eigenvalue weighted by molar-refractivity contribution is -0.128. The third-order valence-electron chi connectivity index (χ3n) is 3.89. The predicted molar refractivity (Wildman–Crippen MR) is 104 cm³/mol. The minimum Gasteiger partial charge on any atom is -0.351 e. The molecular weight excluding hydrogens is 318 g/mol. The molecule has 0 aliphatic heterocycles. The van der Waals surface area contributed by atoms with Crippen LogP contribution in [-0.2, 0) is 9.47 Å². The lowest BCUT2D eigenvalue weighted by Crippen LogP contribution is -2.20. The van der Waals surface area contributed by atoms with Crippen molar-refractivity contribution in [1.82, 2.24) is 0 Å². The summed E-state index contributed by atoms with van der Waals surface area (Å²) in [5, 5.41) is 2.63. The van der Waals surface area contributed by atoms with Gasteiger partial charge in [-0.05, 0) is 50.1 Å². The smallest absolute Gasteiger partial charge is 0.176 e. The van der Waals surface area contributed by atoms with Gasteiger partial charge in [0.2, 0.25) is 0 Å². The van der Waals surface area contributed by atoms with E-state index in [1.54, 1.807) is 0 Å². The van der Waals surface area contributed by atoms with E-state index >= 15 is 0 Å². The molecule has 1 aromatic heterocycles. The molecular formula is C20H23NO2S. The van der Waals surface area contributed by atoms with Crippen LogP contribution in [-0.4, -0.2) is 32.3 Å². The van der Waals surface area contributed by atoms with Crippen LogP contribution in [0.5, 0.6) is 0 Å². The minimum atomic E-state index is -0.261. The van der Waals surface area contributed by atoms with Crippen LogP contribution in [0.15, 0.2) is 41.4 Å². The highest BCUT2D eigenvalue weighted by Crippen LogP contribution is 2.36. The summed E-state index contributed by atoms with van der Waals surface area (Å²) in [4.78, 5) is 4.52. The summed E-state index contributed by atoms with van der Waals surface area (Å²) in [6, 6.07) is 13.0. The summed E-state index contributed by atoms with van der Waals surface area (Å²) in [7, 11) is 0. The van der Waals surface area contributed by atoms with E-state index in [1.807, 2.05) is 31.4 Å². The fraction of sp³-hybridized carbons (Fsp3) is 0.350. The number of aliphatic imine (C=N–C) groups is 1. The average molecular weight is 341 g/mol. The van der Waals surface area contributed by atoms with E-state index in [0.29, 0.717) is 19.8 Å². The third-order valence-corrected chi connectivity index (χ3v) is 5.21. The van der Waals surface area contributed by atoms with Crippen molar-refractivity contribution < 1.29 is 9.47 Å². The summed E-state index contributed by atoms with van der Waals surface area (Å²) >= 11 is 1.85. The van der Waals surface area contributed by atoms with Crippen molar-refractivity contribution >= 4 is 37.7 Å². The van der Waals surface area contributed by atoms with E-state index in [-0.39, 0.29) is 6.29 Å². The highest BCUT2D eigenvalue weighted by molar-refractivity contribution is 7.26. The number of hydrogen-bond donors (Lipinski definition) is 0. The average Bonchev–Trinajstić information content (AvgIpc) is 2.95. The van der Waals surface area contributed by atoms with Crippen LogP contribution in [0.1, 0.15) is 25.0 Å². The monoisotopic (exact) mass is 341 g/mol. The number of thiophene rings is 1. The molecule has 0 aliphatic carbocycles. The Morgan fingerprint density at radius 2 is 1.83 bits per heavy atom. The summed E-state index contributed by atoms with van der Waals surface area (Å²) in [5.41, 5.74) is 2.41. The second kappa shape index (κ2) is 7.88. The van der Waals surface area contributed by atoms with Gasteiger partial charge in [0.05, 0.1) is 6.54 Å². The van der Waals surface area contributed by atoms with Crippen LogP contribution in [0.2, 0.25) is 0 Å². The van der Waals surface area contributed by atoms with Gasteiger partial charge in [0.15, 0.2) is 6.29 Å². The van der Waals surface area contributed by atoms with Crippen molar-refractivity contribution in [2.75, 3.05) is 19.8 Å². The first-order valence-electron chi connectivity index (χ1n) is 8.37. The summed E-state index contributed by atoms with van der Waals surface area (Å²) in [6.07, 6.45) is 1.66. The number of hydrogen-bond acceptors (Lipinski definition) is 4. The number of benzene rings is 2. The van der Waals surface area contributed by atoms with E-state index in [9.17, 15) is 0 Å². The SMILES string of the molecule is CCOC(CN=Cc1cc(C)c2sc3ccccc3c2c1)OCC. The van der Waals surface area contributed by atoms with Crippen LogP contribution >= 0.6 is 11.3 Å². The Labute approximate surface area is 146 Å². The molecule has 0 aliphatic rings. The van der Waals surface area contributed by atoms with E-state index in [2.05, 4.69) is 48.3 Å². The zero-order chi connectivity index (χ0) is 16.9. The van der Waals surface area contributed by atoms with Crippen LogP contribution in [0.25, 0.3) is 20.2 Å². The highest BCUT2D eigenvalue weighted by atomic mass is 32.1. The molecule has 0 amide bonds. The fourth-order valence-electron chi connectivity index (χ4n) is 2.87. The predicted octanol–water partition coefficient (Wildman–Crippen LogP) is 5.18. The quantitative estimate of drug-likeness (QED) is 0.438. The van der Waals surface area contributed by atoms with Crippen LogP contribution < -0.4 is 0 Å². The van der Waals surface area contributed by atoms with Crippen molar-refractivity contribution in [2.45, 2.75) is 27.1 Å². The van der Waals surface area contributed by atoms with Gasteiger partial charge in [-0.3, -0.25) is 4.99 Å². The largest absolute Gasteiger partial charge is 0.351 e. The molecule has 1 heterocycles. The summed E-state index contributed by atoms with van der Waals surface area (Å²) < 4.78 is 13.7. The Morgan fingerprint density at radius 1 is 1.08 bits per heavy atom. The Hall–Kier alpha value is -1.75. The summed E-state index contributed by atoms with van der Waals surface area (Å²) in [6.45, 7) is 7.88. The van der Waals surface area contributed by atoms with Gasteiger partial charge in [-0.15, -0.1) is 11.3 Å². The Balaban J connectivity index is 1.87. The van der Waals surface area contributed by atoms with Crippen molar-refractivity contribution in [3.8, 4) is 0 Å². The first-order valence-corrected chi connectivity index (χ1v) is 9.19. The van der Waals surface area contributed by atoms with Gasteiger partial charge >= 0.3 is 0 Å². The summed E-state index contributed by atoms with van der Waals surface area (Å²) in [5.74, 6) is 0. The van der Waals surface area contributed by atoms with Crippen LogP contribution in [0.3, 0.4) is 0 Å². The molecule has 0 atom stereocenters. The van der Waals surface area contributed by atoms with E-state index in [1.165, 1.54) is 25.7 Å². The Bertz CT molecular complexity index is 847. The van der Waals surface area contributed by atoms with E-state index in [0.717, 1.165) is 5.56 Å². The molecule has 0 spiro atoms. The zero-order valence-electron chi connectivity index (χ0n) is 14.4. The molecule has 24 heavy (non-hydrogen) atoms. The van der Waals surface area contributed by atoms with E-state index in [4.69, 9.17) is 9.47 Å². The highest BCUT2D eigenvalue weighted by Gasteiger charge is 2.08. The minimum absolute atomic E-state index is 0.261. The van der Waals surface area contributed by atoms with Gasteiger partial charge in [-0.25, -0.2) is 0 Å². The van der Waals surface area contributed by atoms with Crippen LogP contribution in [0.4, 0.5) is 0 Å². The molecule has 3 aromatic rings. The first-order chi connectivity index (χ1) is 11.7. The fourth-order valence-corrected chi connectivity index (χ4v) is 4.02. The molecule has 0 bridgehead atoms. The van der Waals surface area contributed by atoms with Crippen molar-refractivity contribution in [1.29, 1.82) is 0 Å².